The van der Waals surface area contributed by atoms with Gasteiger partial charge < -0.3 is 3.87 Å². The molecule has 0 aromatic rings. The van der Waals surface area contributed by atoms with Crippen LogP contribution in [0.4, 0.5) is 13.2 Å². The van der Waals surface area contributed by atoms with Gasteiger partial charge in [0.2, 0.25) is 0 Å². The molecule has 0 atom stereocenters. The van der Waals surface area contributed by atoms with Gasteiger partial charge in [-0.2, -0.15) is 21.6 Å². The first kappa shape index (κ1) is 12.9. The number of hydrogen-bond acceptors (Lipinski definition) is 3. The minimum Gasteiger partial charge on any atom is -0.309 e. The highest BCUT2D eigenvalue weighted by Gasteiger charge is 2.47. The topological polar surface area (TPSA) is 43.4 Å². The average Bonchev–Trinajstić information content (AvgIpc) is 1.79. The van der Waals surface area contributed by atoms with Crippen molar-refractivity contribution in [3.8, 4) is 0 Å². The molecule has 13 heavy (non-hydrogen) atoms. The Kier molecular flexibility index (Phi) is 3.56. The van der Waals surface area contributed by atoms with E-state index in [0.29, 0.717) is 0 Å². The number of rotatable bonds is 2. The molecule has 0 rings (SSSR count). The Morgan fingerprint density at radius 3 is 1.77 bits per heavy atom. The molecule has 0 aromatic carbocycles. The molecule has 0 saturated heterocycles. The predicted molar refractivity (Wildman–Crippen MR) is 41.5 cm³/mol. The van der Waals surface area contributed by atoms with E-state index in [1.165, 1.54) is 0 Å². The first-order valence-corrected chi connectivity index (χ1v) is 5.54. The van der Waals surface area contributed by atoms with Gasteiger partial charge in [0.15, 0.2) is 0 Å². The van der Waals surface area contributed by atoms with E-state index in [0.717, 1.165) is 0 Å². The van der Waals surface area contributed by atoms with Crippen molar-refractivity contribution in [1.29, 1.82) is 0 Å². The molecule has 0 saturated carbocycles. The van der Waals surface area contributed by atoms with Crippen molar-refractivity contribution in [2.45, 2.75) is 31.3 Å². The summed E-state index contributed by atoms with van der Waals surface area (Å²) in [6.45, 7) is 4.74. The minimum atomic E-state index is -5.42. The molecular formula is C5H9F3O3SSi. The summed E-state index contributed by atoms with van der Waals surface area (Å²) in [5.41, 5.74) is -5.33. The van der Waals surface area contributed by atoms with Crippen molar-refractivity contribution in [2.24, 2.45) is 0 Å². The van der Waals surface area contributed by atoms with E-state index in [1.807, 2.05) is 0 Å². The average molecular weight is 234 g/mol. The van der Waals surface area contributed by atoms with E-state index in [2.05, 4.69) is 3.87 Å². The van der Waals surface area contributed by atoms with Gasteiger partial charge >= 0.3 is 15.6 Å². The Bertz CT molecular complexity index is 264. The molecule has 8 heteroatoms. The van der Waals surface area contributed by atoms with E-state index in [-0.39, 0.29) is 0 Å². The second kappa shape index (κ2) is 3.58. The predicted octanol–water partition coefficient (Wildman–Crippen LogP) is 1.69. The van der Waals surface area contributed by atoms with Crippen LogP contribution in [0.3, 0.4) is 0 Å². The molecule has 0 heterocycles. The second-order valence-electron chi connectivity index (χ2n) is 3.34. The molecule has 0 bridgehead atoms. The molecule has 2 radical (unpaired) electrons. The smallest absolute Gasteiger partial charge is 0.309 e. The summed E-state index contributed by atoms with van der Waals surface area (Å²) in [4.78, 5) is 0. The van der Waals surface area contributed by atoms with Crippen LogP contribution in [0.2, 0.25) is 5.04 Å². The van der Waals surface area contributed by atoms with Gasteiger partial charge in [0.1, 0.15) is 0 Å². The maximum Gasteiger partial charge on any atom is 0.522 e. The van der Waals surface area contributed by atoms with Crippen molar-refractivity contribution in [2.75, 3.05) is 0 Å². The van der Waals surface area contributed by atoms with Crippen LogP contribution in [0.25, 0.3) is 0 Å². The standard InChI is InChI=1S/C5H9F3O3SSi/c1-4(2,3)13-11-12(9,10)5(6,7)8/h1-3H3. The Morgan fingerprint density at radius 1 is 1.15 bits per heavy atom. The molecule has 0 aromatic heterocycles. The third-order valence-electron chi connectivity index (χ3n) is 0.741. The van der Waals surface area contributed by atoms with E-state index in [9.17, 15) is 21.6 Å². The number of hydrogen-bond donors (Lipinski definition) is 0. The lowest BCUT2D eigenvalue weighted by molar-refractivity contribution is -0.0500. The Morgan fingerprint density at radius 2 is 1.54 bits per heavy atom. The molecule has 0 unspecified atom stereocenters. The summed E-state index contributed by atoms with van der Waals surface area (Å²) < 4.78 is 59.7. The largest absolute Gasteiger partial charge is 0.522 e. The molecule has 0 aliphatic rings. The van der Waals surface area contributed by atoms with Gasteiger partial charge in [0, 0.05) is 0 Å². The van der Waals surface area contributed by atoms with Gasteiger partial charge in [0.25, 0.3) is 9.76 Å². The molecule has 0 aliphatic heterocycles. The zero-order valence-corrected chi connectivity index (χ0v) is 9.08. The van der Waals surface area contributed by atoms with Crippen LogP contribution in [-0.4, -0.2) is 23.7 Å². The van der Waals surface area contributed by atoms with Crippen LogP contribution >= 0.6 is 0 Å². The lowest BCUT2D eigenvalue weighted by Gasteiger charge is -2.16. The van der Waals surface area contributed by atoms with Crippen LogP contribution in [0.5, 0.6) is 0 Å². The van der Waals surface area contributed by atoms with Crippen LogP contribution in [0, 0.1) is 0 Å². The zero-order chi connectivity index (χ0) is 10.9. The fourth-order valence-corrected chi connectivity index (χ4v) is 2.04. The van der Waals surface area contributed by atoms with Gasteiger partial charge in [-0.15, -0.1) is 0 Å². The van der Waals surface area contributed by atoms with E-state index >= 15 is 0 Å². The fraction of sp³-hybridized carbons (Fsp3) is 1.00. The van der Waals surface area contributed by atoms with Gasteiger partial charge in [-0.1, -0.05) is 20.8 Å². The van der Waals surface area contributed by atoms with Crippen molar-refractivity contribution >= 4 is 19.9 Å². The first-order valence-electron chi connectivity index (χ1n) is 3.23. The van der Waals surface area contributed by atoms with Crippen molar-refractivity contribution in [1.82, 2.24) is 0 Å². The third-order valence-corrected chi connectivity index (χ3v) is 3.13. The van der Waals surface area contributed by atoms with E-state index in [1.54, 1.807) is 20.8 Å². The van der Waals surface area contributed by atoms with Crippen molar-refractivity contribution < 1.29 is 25.5 Å². The normalized spacial score (nSPS) is 14.6. The van der Waals surface area contributed by atoms with Gasteiger partial charge in [-0.25, -0.2) is 0 Å². The molecule has 0 fully saturated rings. The Labute approximate surface area is 77.3 Å². The number of alkyl halides is 3. The van der Waals surface area contributed by atoms with E-state index < -0.39 is 30.4 Å². The van der Waals surface area contributed by atoms with Crippen LogP contribution in [0.15, 0.2) is 0 Å². The summed E-state index contributed by atoms with van der Waals surface area (Å²) in [6.07, 6.45) is 0. The van der Waals surface area contributed by atoms with Crippen molar-refractivity contribution in [3.63, 3.8) is 0 Å². The molecule has 0 N–H and O–H groups in total. The zero-order valence-electron chi connectivity index (χ0n) is 7.27. The molecule has 0 spiro atoms. The first-order chi connectivity index (χ1) is 5.46. The lowest BCUT2D eigenvalue weighted by atomic mass is 10.3. The monoisotopic (exact) mass is 234 g/mol. The van der Waals surface area contributed by atoms with Gasteiger partial charge in [0.05, 0.1) is 0 Å². The molecule has 78 valence electrons. The highest BCUT2D eigenvalue weighted by Crippen LogP contribution is 2.28. The van der Waals surface area contributed by atoms with E-state index in [4.69, 9.17) is 0 Å². The summed E-state index contributed by atoms with van der Waals surface area (Å²) in [6, 6.07) is 0. The summed E-state index contributed by atoms with van der Waals surface area (Å²) in [7, 11) is -6.16. The molecule has 0 aliphatic carbocycles. The van der Waals surface area contributed by atoms with Gasteiger partial charge in [-0.3, -0.25) is 0 Å². The molecule has 0 amide bonds. The van der Waals surface area contributed by atoms with Crippen molar-refractivity contribution in [3.05, 3.63) is 0 Å². The highest BCUT2D eigenvalue weighted by atomic mass is 32.2. The fourth-order valence-electron chi connectivity index (χ4n) is 0.227. The Balaban J connectivity index is 4.40. The minimum absolute atomic E-state index is 0.599. The maximum atomic E-state index is 11.7. The lowest BCUT2D eigenvalue weighted by Crippen LogP contribution is -2.29. The van der Waals surface area contributed by atoms with Crippen LogP contribution in [0.1, 0.15) is 20.8 Å². The summed E-state index contributed by atoms with van der Waals surface area (Å²) >= 11 is 0. The highest BCUT2D eigenvalue weighted by molar-refractivity contribution is 7.88. The van der Waals surface area contributed by atoms with Crippen LogP contribution < -0.4 is 0 Å². The number of halogens is 3. The summed E-state index contributed by atoms with van der Waals surface area (Å²) in [5, 5.41) is -0.599. The SMILES string of the molecule is CC(C)(C)[Si]OS(=O)(=O)C(F)(F)F. The third kappa shape index (κ3) is 4.63. The quantitative estimate of drug-likeness (QED) is 0.539. The molecule has 3 nitrogen and oxygen atoms in total. The maximum absolute atomic E-state index is 11.7. The second-order valence-corrected chi connectivity index (χ2v) is 7.08. The van der Waals surface area contributed by atoms with Gasteiger partial charge in [-0.05, 0) is 5.04 Å². The molecular weight excluding hydrogens is 225 g/mol. The Hall–Kier alpha value is -0.0831. The van der Waals surface area contributed by atoms with Crippen LogP contribution in [-0.2, 0) is 14.0 Å². The summed E-state index contributed by atoms with van der Waals surface area (Å²) in [5.74, 6) is 0.